The van der Waals surface area contributed by atoms with Crippen LogP contribution in [0, 0.1) is 0 Å². The number of benzene rings is 6. The fourth-order valence-corrected chi connectivity index (χ4v) is 8.29. The normalized spacial score (nSPS) is 15.0. The summed E-state index contributed by atoms with van der Waals surface area (Å²) < 4.78 is 0. The third kappa shape index (κ3) is 3.22. The van der Waals surface area contributed by atoms with Crippen molar-refractivity contribution < 1.29 is 0 Å². The Balaban J connectivity index is 1.43. The average Bonchev–Trinajstić information content (AvgIpc) is 3.39. The number of fused-ring (bicyclic) bond motifs is 10. The predicted molar refractivity (Wildman–Crippen MR) is 182 cm³/mol. The Kier molecular flexibility index (Phi) is 5.23. The zero-order valence-corrected chi connectivity index (χ0v) is 24.9. The van der Waals surface area contributed by atoms with E-state index in [1.165, 1.54) is 61.0 Å². The van der Waals surface area contributed by atoms with Crippen LogP contribution in [0.1, 0.15) is 47.2 Å². The van der Waals surface area contributed by atoms with E-state index in [0.29, 0.717) is 0 Å². The smallest absolute Gasteiger partial charge is 0.0719 e. The molecule has 0 fully saturated rings. The molecule has 7 aromatic rings. The number of rotatable bonds is 2. The minimum Gasteiger partial charge on any atom is -0.248 e. The molecule has 0 amide bonds. The minimum absolute atomic E-state index is 0.111. The van der Waals surface area contributed by atoms with Crippen molar-refractivity contribution in [1.29, 1.82) is 0 Å². The quantitative estimate of drug-likeness (QED) is 0.205. The molecule has 0 N–H and O–H groups in total. The molecule has 1 heteroatoms. The lowest BCUT2D eigenvalue weighted by molar-refractivity contribution is 0.563. The second kappa shape index (κ2) is 9.11. The highest BCUT2D eigenvalue weighted by atomic mass is 14.7. The van der Waals surface area contributed by atoms with E-state index in [2.05, 4.69) is 166 Å². The first kappa shape index (κ1) is 25.2. The standard InChI is InChI=1S/C43H31N/c1-42(2)34-21-9-11-23-36(34)43(37-24-12-10-22-35(37)42)33-20-8-6-18-31(33)41-30(19-14-25-38(41)43)32-27-40(28-15-4-3-5-16-28)44-39-26-13-7-17-29(32)39/h3-27H,1-2H3. The molecule has 6 aromatic carbocycles. The summed E-state index contributed by atoms with van der Waals surface area (Å²) in [6.45, 7) is 4.76. The van der Waals surface area contributed by atoms with E-state index in [0.717, 1.165) is 16.8 Å². The predicted octanol–water partition coefficient (Wildman–Crippen LogP) is 10.6. The number of hydrogen-bond donors (Lipinski definition) is 0. The van der Waals surface area contributed by atoms with Crippen LogP contribution < -0.4 is 0 Å². The molecule has 0 unspecified atom stereocenters. The van der Waals surface area contributed by atoms with Crippen LogP contribution >= 0.6 is 0 Å². The Hall–Kier alpha value is -5.27. The van der Waals surface area contributed by atoms with Crippen LogP contribution in [-0.2, 0) is 10.8 Å². The highest BCUT2D eigenvalue weighted by molar-refractivity contribution is 6.04. The molecule has 1 heterocycles. The van der Waals surface area contributed by atoms with Gasteiger partial charge in [-0.05, 0) is 67.8 Å². The van der Waals surface area contributed by atoms with Gasteiger partial charge in [0.1, 0.15) is 0 Å². The van der Waals surface area contributed by atoms with Gasteiger partial charge in [-0.15, -0.1) is 0 Å². The molecule has 1 nitrogen and oxygen atoms in total. The minimum atomic E-state index is -0.407. The van der Waals surface area contributed by atoms with Crippen LogP contribution in [0.2, 0.25) is 0 Å². The number of para-hydroxylation sites is 1. The van der Waals surface area contributed by atoms with Crippen molar-refractivity contribution in [3.8, 4) is 33.5 Å². The molecule has 44 heavy (non-hydrogen) atoms. The Morgan fingerprint density at radius 1 is 0.432 bits per heavy atom. The third-order valence-corrected chi connectivity index (χ3v) is 10.2. The maximum Gasteiger partial charge on any atom is 0.0719 e. The largest absolute Gasteiger partial charge is 0.248 e. The van der Waals surface area contributed by atoms with Crippen LogP contribution in [-0.4, -0.2) is 4.98 Å². The zero-order valence-electron chi connectivity index (χ0n) is 24.9. The molecule has 9 rings (SSSR count). The Morgan fingerprint density at radius 3 is 1.70 bits per heavy atom. The van der Waals surface area contributed by atoms with Gasteiger partial charge < -0.3 is 0 Å². The number of aromatic nitrogens is 1. The molecule has 0 bridgehead atoms. The van der Waals surface area contributed by atoms with Crippen LogP contribution in [0.15, 0.2) is 152 Å². The van der Waals surface area contributed by atoms with E-state index >= 15 is 0 Å². The molecule has 0 aliphatic heterocycles. The van der Waals surface area contributed by atoms with Crippen molar-refractivity contribution in [1.82, 2.24) is 4.98 Å². The van der Waals surface area contributed by atoms with Crippen LogP contribution in [0.4, 0.5) is 0 Å². The molecular weight excluding hydrogens is 530 g/mol. The number of pyridine rings is 1. The van der Waals surface area contributed by atoms with E-state index in [4.69, 9.17) is 4.98 Å². The summed E-state index contributed by atoms with van der Waals surface area (Å²) in [6, 6.07) is 55.8. The fourth-order valence-electron chi connectivity index (χ4n) is 8.29. The second-order valence-electron chi connectivity index (χ2n) is 12.7. The fraction of sp³-hybridized carbons (Fsp3) is 0.0930. The summed E-state index contributed by atoms with van der Waals surface area (Å²) in [5, 5.41) is 1.17. The van der Waals surface area contributed by atoms with Gasteiger partial charge in [0, 0.05) is 16.4 Å². The van der Waals surface area contributed by atoms with Crippen LogP contribution in [0.25, 0.3) is 44.4 Å². The van der Waals surface area contributed by atoms with Crippen molar-refractivity contribution >= 4 is 10.9 Å². The maximum atomic E-state index is 5.13. The average molecular weight is 562 g/mol. The molecule has 0 radical (unpaired) electrons. The summed E-state index contributed by atoms with van der Waals surface area (Å²) in [4.78, 5) is 5.13. The van der Waals surface area contributed by atoms with Gasteiger partial charge in [-0.3, -0.25) is 0 Å². The van der Waals surface area contributed by atoms with E-state index in [1.54, 1.807) is 0 Å². The molecule has 0 saturated heterocycles. The Bertz CT molecular complexity index is 2210. The van der Waals surface area contributed by atoms with Crippen molar-refractivity contribution in [2.24, 2.45) is 0 Å². The lowest BCUT2D eigenvalue weighted by Crippen LogP contribution is -2.40. The first-order chi connectivity index (χ1) is 21.6. The van der Waals surface area contributed by atoms with Crippen molar-refractivity contribution in [2.75, 3.05) is 0 Å². The molecule has 0 saturated carbocycles. The monoisotopic (exact) mass is 561 g/mol. The van der Waals surface area contributed by atoms with Gasteiger partial charge in [-0.1, -0.05) is 153 Å². The summed E-state index contributed by atoms with van der Waals surface area (Å²) in [5.41, 5.74) is 16.0. The van der Waals surface area contributed by atoms with Gasteiger partial charge >= 0.3 is 0 Å². The van der Waals surface area contributed by atoms with E-state index in [-0.39, 0.29) is 5.41 Å². The first-order valence-corrected chi connectivity index (χ1v) is 15.5. The summed E-state index contributed by atoms with van der Waals surface area (Å²) in [6.07, 6.45) is 0. The third-order valence-electron chi connectivity index (χ3n) is 10.2. The summed E-state index contributed by atoms with van der Waals surface area (Å²) >= 11 is 0. The van der Waals surface area contributed by atoms with Crippen LogP contribution in [0.5, 0.6) is 0 Å². The van der Waals surface area contributed by atoms with Gasteiger partial charge in [0.15, 0.2) is 0 Å². The van der Waals surface area contributed by atoms with Gasteiger partial charge in [0.25, 0.3) is 0 Å². The maximum absolute atomic E-state index is 5.13. The van der Waals surface area contributed by atoms with Crippen LogP contribution in [0.3, 0.4) is 0 Å². The van der Waals surface area contributed by atoms with Crippen molar-refractivity contribution in [2.45, 2.75) is 24.7 Å². The molecule has 0 atom stereocenters. The topological polar surface area (TPSA) is 12.9 Å². The number of nitrogens with zero attached hydrogens (tertiary/aromatic N) is 1. The van der Waals surface area contributed by atoms with Gasteiger partial charge in [0.2, 0.25) is 0 Å². The van der Waals surface area contributed by atoms with E-state index < -0.39 is 5.41 Å². The van der Waals surface area contributed by atoms with Gasteiger partial charge in [0.05, 0.1) is 16.6 Å². The molecule has 1 aromatic heterocycles. The molecule has 2 aliphatic carbocycles. The molecular formula is C43H31N. The van der Waals surface area contributed by atoms with Crippen molar-refractivity contribution in [3.05, 3.63) is 185 Å². The van der Waals surface area contributed by atoms with Gasteiger partial charge in [-0.2, -0.15) is 0 Å². The first-order valence-electron chi connectivity index (χ1n) is 15.5. The summed E-state index contributed by atoms with van der Waals surface area (Å²) in [5.74, 6) is 0. The zero-order chi connectivity index (χ0) is 29.5. The summed E-state index contributed by atoms with van der Waals surface area (Å²) in [7, 11) is 0. The highest BCUT2D eigenvalue weighted by Gasteiger charge is 2.53. The lowest BCUT2D eigenvalue weighted by atomic mass is 9.55. The lowest BCUT2D eigenvalue weighted by Gasteiger charge is -2.46. The highest BCUT2D eigenvalue weighted by Crippen LogP contribution is 2.63. The Morgan fingerprint density at radius 2 is 0.977 bits per heavy atom. The SMILES string of the molecule is CC1(C)c2ccccc2C2(c3ccccc3-c3c(-c4cc(-c5ccccc5)nc5ccccc45)cccc32)c2ccccc21. The van der Waals surface area contributed by atoms with E-state index in [9.17, 15) is 0 Å². The Labute approximate surface area is 258 Å². The molecule has 1 spiro atoms. The van der Waals surface area contributed by atoms with E-state index in [1.807, 2.05) is 0 Å². The molecule has 208 valence electrons. The van der Waals surface area contributed by atoms with Gasteiger partial charge in [-0.25, -0.2) is 4.98 Å². The second-order valence-corrected chi connectivity index (χ2v) is 12.7. The number of hydrogen-bond acceptors (Lipinski definition) is 1. The van der Waals surface area contributed by atoms with Crippen molar-refractivity contribution in [3.63, 3.8) is 0 Å². The molecule has 2 aliphatic rings.